The molecule has 0 aromatic carbocycles. The first kappa shape index (κ1) is 12.9. The van der Waals surface area contributed by atoms with Crippen LogP contribution in [0.4, 0.5) is 0 Å². The van der Waals surface area contributed by atoms with Gasteiger partial charge in [-0.05, 0) is 41.8 Å². The summed E-state index contributed by atoms with van der Waals surface area (Å²) in [5.41, 5.74) is 1.61. The van der Waals surface area contributed by atoms with E-state index in [4.69, 9.17) is 0 Å². The fraction of sp³-hybridized carbons (Fsp3) is 0.429. The molecule has 108 valence electrons. The summed E-state index contributed by atoms with van der Waals surface area (Å²) in [6.07, 6.45) is 4.81. The van der Waals surface area contributed by atoms with Crippen molar-refractivity contribution in [3.05, 3.63) is 29.3 Å². The zero-order chi connectivity index (χ0) is 14.8. The van der Waals surface area contributed by atoms with Crippen LogP contribution < -0.4 is 0 Å². The Bertz CT molecular complexity index is 777. The van der Waals surface area contributed by atoms with E-state index in [1.807, 2.05) is 16.5 Å². The van der Waals surface area contributed by atoms with Crippen LogP contribution >= 0.6 is 15.9 Å². The molecule has 5 rings (SSSR count). The van der Waals surface area contributed by atoms with Crippen molar-refractivity contribution in [3.63, 3.8) is 0 Å². The van der Waals surface area contributed by atoms with Crippen molar-refractivity contribution < 1.29 is 4.79 Å². The molecule has 2 aliphatic heterocycles. The van der Waals surface area contributed by atoms with Crippen LogP contribution in [0, 0.1) is 6.92 Å². The Morgan fingerprint density at radius 2 is 2.29 bits per heavy atom. The van der Waals surface area contributed by atoms with Crippen molar-refractivity contribution in [2.24, 2.45) is 0 Å². The van der Waals surface area contributed by atoms with Crippen LogP contribution in [-0.4, -0.2) is 43.1 Å². The molecule has 2 aromatic rings. The molecule has 0 unspecified atom stereocenters. The highest BCUT2D eigenvalue weighted by Crippen LogP contribution is 2.51. The van der Waals surface area contributed by atoms with E-state index in [2.05, 4.69) is 37.6 Å². The van der Waals surface area contributed by atoms with Crippen LogP contribution in [0.1, 0.15) is 18.5 Å². The number of halogens is 1. The maximum Gasteiger partial charge on any atom is 0.246 e. The first-order valence-electron chi connectivity index (χ1n) is 6.85. The third-order valence-corrected chi connectivity index (χ3v) is 5.21. The predicted octanol–water partition coefficient (Wildman–Crippen LogP) is 1.78. The number of carbonyl (C=O) groups is 1. The van der Waals surface area contributed by atoms with E-state index in [9.17, 15) is 4.79 Å². The van der Waals surface area contributed by atoms with Crippen molar-refractivity contribution in [2.45, 2.75) is 31.3 Å². The van der Waals surface area contributed by atoms with Crippen molar-refractivity contribution in [1.29, 1.82) is 0 Å². The fourth-order valence-corrected chi connectivity index (χ4v) is 4.23. The summed E-state index contributed by atoms with van der Waals surface area (Å²) in [7, 11) is 0. The first-order valence-corrected chi connectivity index (χ1v) is 7.64. The average molecular weight is 348 g/mol. The monoisotopic (exact) mass is 347 g/mol. The van der Waals surface area contributed by atoms with Crippen LogP contribution in [-0.2, 0) is 10.3 Å². The van der Waals surface area contributed by atoms with Crippen LogP contribution in [0.5, 0.6) is 0 Å². The molecule has 0 atom stereocenters. The zero-order valence-electron chi connectivity index (χ0n) is 11.6. The average Bonchev–Trinajstić information content (AvgIpc) is 3.07. The number of hydrogen-bond donors (Lipinski definition) is 0. The van der Waals surface area contributed by atoms with Gasteiger partial charge in [-0.1, -0.05) is 6.58 Å². The summed E-state index contributed by atoms with van der Waals surface area (Å²) in [6, 6.07) is 0.302. The Hall–Kier alpha value is -1.76. The second-order valence-corrected chi connectivity index (χ2v) is 6.57. The summed E-state index contributed by atoms with van der Waals surface area (Å²) in [5, 5.41) is 5.58. The summed E-state index contributed by atoms with van der Waals surface area (Å²) in [4.78, 5) is 22.4. The molecule has 1 saturated carbocycles. The van der Waals surface area contributed by atoms with E-state index in [0.29, 0.717) is 12.6 Å². The highest BCUT2D eigenvalue weighted by Gasteiger charge is 2.58. The van der Waals surface area contributed by atoms with Gasteiger partial charge in [0.25, 0.3) is 0 Å². The van der Waals surface area contributed by atoms with E-state index >= 15 is 0 Å². The van der Waals surface area contributed by atoms with E-state index < -0.39 is 0 Å². The van der Waals surface area contributed by atoms with Crippen molar-refractivity contribution in [3.8, 4) is 0 Å². The topological polar surface area (TPSA) is 63.9 Å². The van der Waals surface area contributed by atoms with Gasteiger partial charge in [0.1, 0.15) is 10.9 Å². The summed E-state index contributed by atoms with van der Waals surface area (Å²) < 4.78 is 2.75. The quantitative estimate of drug-likeness (QED) is 0.777. The highest BCUT2D eigenvalue weighted by molar-refractivity contribution is 9.10. The van der Waals surface area contributed by atoms with Gasteiger partial charge in [0.05, 0.1) is 16.6 Å². The lowest BCUT2D eigenvalue weighted by atomic mass is 9.78. The normalized spacial score (nSPS) is 27.0. The lowest BCUT2D eigenvalue weighted by Crippen LogP contribution is -2.44. The van der Waals surface area contributed by atoms with Crippen LogP contribution in [0.15, 0.2) is 23.6 Å². The molecule has 6 nitrogen and oxygen atoms in total. The molecular weight excluding hydrogens is 334 g/mol. The number of amides is 1. The van der Waals surface area contributed by atoms with E-state index in [1.54, 1.807) is 6.33 Å². The number of nitrogens with zero attached hydrogens (tertiary/aromatic N) is 5. The summed E-state index contributed by atoms with van der Waals surface area (Å²) in [5.74, 6) is 0.000656. The number of aryl methyl sites for hydroxylation is 1. The molecule has 0 spiro atoms. The lowest BCUT2D eigenvalue weighted by Gasteiger charge is -2.36. The molecule has 3 aliphatic rings. The fourth-order valence-electron chi connectivity index (χ4n) is 3.61. The van der Waals surface area contributed by atoms with Crippen molar-refractivity contribution in [1.82, 2.24) is 24.6 Å². The predicted molar refractivity (Wildman–Crippen MR) is 80.7 cm³/mol. The van der Waals surface area contributed by atoms with Gasteiger partial charge in [-0.3, -0.25) is 4.79 Å². The number of aromatic nitrogens is 4. The molecule has 2 saturated heterocycles. The van der Waals surface area contributed by atoms with Gasteiger partial charge in [-0.15, -0.1) is 0 Å². The Labute approximate surface area is 130 Å². The molecule has 0 N–H and O–H groups in total. The molecule has 7 heteroatoms. The molecule has 4 heterocycles. The summed E-state index contributed by atoms with van der Waals surface area (Å²) >= 11 is 3.51. The smallest absolute Gasteiger partial charge is 0.246 e. The highest BCUT2D eigenvalue weighted by atomic mass is 79.9. The molecule has 2 bridgehead atoms. The SMILES string of the molecule is C=CC(=O)N1CC2(n3nc(Br)c4c(C)ncnc43)CC1C2. The summed E-state index contributed by atoms with van der Waals surface area (Å²) in [6.45, 7) is 6.20. The van der Waals surface area contributed by atoms with Crippen LogP contribution in [0.3, 0.4) is 0 Å². The maximum absolute atomic E-state index is 11.9. The molecule has 1 amide bonds. The Morgan fingerprint density at radius 3 is 3.00 bits per heavy atom. The second-order valence-electron chi connectivity index (χ2n) is 5.82. The number of hydrogen-bond acceptors (Lipinski definition) is 4. The third-order valence-electron chi connectivity index (χ3n) is 4.66. The van der Waals surface area contributed by atoms with E-state index in [1.165, 1.54) is 6.08 Å². The Kier molecular flexibility index (Phi) is 2.54. The van der Waals surface area contributed by atoms with Gasteiger partial charge in [0, 0.05) is 12.6 Å². The zero-order valence-corrected chi connectivity index (χ0v) is 13.2. The third kappa shape index (κ3) is 1.58. The minimum Gasteiger partial charge on any atom is -0.334 e. The van der Waals surface area contributed by atoms with Gasteiger partial charge in [0.15, 0.2) is 5.65 Å². The number of fused-ring (bicyclic) bond motifs is 2. The number of carbonyl (C=O) groups excluding carboxylic acids is 1. The largest absolute Gasteiger partial charge is 0.334 e. The van der Waals surface area contributed by atoms with Gasteiger partial charge in [-0.25, -0.2) is 14.6 Å². The molecular formula is C14H14BrN5O. The van der Waals surface area contributed by atoms with Gasteiger partial charge in [-0.2, -0.15) is 5.10 Å². The minimum atomic E-state index is -0.131. The molecule has 1 aliphatic carbocycles. The maximum atomic E-state index is 11.9. The van der Waals surface area contributed by atoms with Gasteiger partial charge < -0.3 is 4.90 Å². The lowest BCUT2D eigenvalue weighted by molar-refractivity contribution is -0.126. The minimum absolute atomic E-state index is 0.000656. The second kappa shape index (κ2) is 4.13. The first-order chi connectivity index (χ1) is 10.1. The van der Waals surface area contributed by atoms with Crippen LogP contribution in [0.25, 0.3) is 11.0 Å². The van der Waals surface area contributed by atoms with Gasteiger partial charge >= 0.3 is 0 Å². The number of rotatable bonds is 2. The Morgan fingerprint density at radius 1 is 1.52 bits per heavy atom. The van der Waals surface area contributed by atoms with E-state index in [0.717, 1.165) is 34.2 Å². The van der Waals surface area contributed by atoms with Crippen LogP contribution in [0.2, 0.25) is 0 Å². The standard InChI is InChI=1S/C14H14BrN5O/c1-3-10(21)19-6-14(4-9(19)5-14)20-13-11(12(15)18-20)8(2)16-7-17-13/h3,7,9H,1,4-6H2,2H3. The van der Waals surface area contributed by atoms with Crippen molar-refractivity contribution >= 4 is 32.9 Å². The van der Waals surface area contributed by atoms with Crippen molar-refractivity contribution in [2.75, 3.05) is 6.54 Å². The Balaban J connectivity index is 1.81. The van der Waals surface area contributed by atoms with Gasteiger partial charge in [0.2, 0.25) is 5.91 Å². The molecule has 21 heavy (non-hydrogen) atoms. The molecule has 3 fully saturated rings. The van der Waals surface area contributed by atoms with E-state index in [-0.39, 0.29) is 11.4 Å². The molecule has 0 radical (unpaired) electrons. The molecule has 2 aromatic heterocycles.